The molecular weight excluding hydrogens is 274 g/mol. The molecule has 5 heteroatoms. The number of nitrogens with zero attached hydrogens (tertiary/aromatic N) is 2. The van der Waals surface area contributed by atoms with Gasteiger partial charge in [-0.25, -0.2) is 0 Å². The molecule has 0 aliphatic rings. The molecule has 112 valence electrons. The molecule has 2 rings (SSSR count). The first-order valence-electron chi connectivity index (χ1n) is 6.71. The van der Waals surface area contributed by atoms with E-state index in [9.17, 15) is 8.78 Å². The molecule has 1 atom stereocenters. The Balaban J connectivity index is 2.11. The van der Waals surface area contributed by atoms with Gasteiger partial charge in [0.1, 0.15) is 5.75 Å². The molecule has 1 aromatic carbocycles. The zero-order valence-corrected chi connectivity index (χ0v) is 12.0. The van der Waals surface area contributed by atoms with Gasteiger partial charge < -0.3 is 4.74 Å². The first-order chi connectivity index (χ1) is 10.1. The van der Waals surface area contributed by atoms with Crippen LogP contribution in [0.3, 0.4) is 0 Å². The summed E-state index contributed by atoms with van der Waals surface area (Å²) >= 11 is 0. The predicted molar refractivity (Wildman–Crippen MR) is 77.2 cm³/mol. The highest BCUT2D eigenvalue weighted by atomic mass is 19.3. The van der Waals surface area contributed by atoms with Crippen molar-refractivity contribution in [1.82, 2.24) is 9.88 Å². The van der Waals surface area contributed by atoms with Gasteiger partial charge in [-0.05, 0) is 31.7 Å². The summed E-state index contributed by atoms with van der Waals surface area (Å²) in [5.74, 6) is 0.220. The van der Waals surface area contributed by atoms with E-state index < -0.39 is 6.61 Å². The fraction of sp³-hybridized carbons (Fsp3) is 0.312. The quantitative estimate of drug-likeness (QED) is 0.808. The summed E-state index contributed by atoms with van der Waals surface area (Å²) in [6.07, 6.45) is 3.53. The molecule has 3 nitrogen and oxygen atoms in total. The first kappa shape index (κ1) is 15.4. The molecule has 0 aliphatic heterocycles. The van der Waals surface area contributed by atoms with Crippen LogP contribution in [0.5, 0.6) is 5.75 Å². The number of hydrogen-bond acceptors (Lipinski definition) is 3. The van der Waals surface area contributed by atoms with Gasteiger partial charge in [-0.3, -0.25) is 9.88 Å². The highest BCUT2D eigenvalue weighted by Gasteiger charge is 2.15. The molecule has 0 N–H and O–H groups in total. The van der Waals surface area contributed by atoms with Gasteiger partial charge in [0.15, 0.2) is 0 Å². The van der Waals surface area contributed by atoms with Gasteiger partial charge in [0.05, 0.1) is 0 Å². The van der Waals surface area contributed by atoms with Crippen molar-refractivity contribution in [2.75, 3.05) is 7.05 Å². The molecule has 21 heavy (non-hydrogen) atoms. The molecule has 0 spiro atoms. The van der Waals surface area contributed by atoms with E-state index in [0.717, 1.165) is 11.1 Å². The number of pyridine rings is 1. The molecule has 2 aromatic rings. The van der Waals surface area contributed by atoms with Gasteiger partial charge in [0.2, 0.25) is 0 Å². The van der Waals surface area contributed by atoms with Crippen LogP contribution >= 0.6 is 0 Å². The maximum Gasteiger partial charge on any atom is 0.387 e. The molecule has 1 heterocycles. The first-order valence-corrected chi connectivity index (χ1v) is 6.71. The lowest BCUT2D eigenvalue weighted by molar-refractivity contribution is -0.0508. The zero-order valence-electron chi connectivity index (χ0n) is 12.0. The van der Waals surface area contributed by atoms with E-state index in [0.29, 0.717) is 6.54 Å². The van der Waals surface area contributed by atoms with Crippen molar-refractivity contribution in [3.8, 4) is 5.75 Å². The van der Waals surface area contributed by atoms with E-state index in [1.54, 1.807) is 24.4 Å². The number of para-hydroxylation sites is 1. The van der Waals surface area contributed by atoms with E-state index in [2.05, 4.69) is 14.6 Å². The second-order valence-electron chi connectivity index (χ2n) is 4.86. The standard InChI is InChI=1S/C16H18F2N2O/c1-12(13-7-5-9-19-10-13)20(2)11-14-6-3-4-8-15(14)21-16(17)18/h3-10,12,16H,11H2,1-2H3. The van der Waals surface area contributed by atoms with Crippen LogP contribution in [0.2, 0.25) is 0 Å². The second kappa shape index (κ2) is 7.13. The number of hydrogen-bond donors (Lipinski definition) is 0. The fourth-order valence-electron chi connectivity index (χ4n) is 2.13. The minimum atomic E-state index is -2.81. The van der Waals surface area contributed by atoms with Crippen molar-refractivity contribution in [1.29, 1.82) is 0 Å². The molecule has 1 unspecified atom stereocenters. The van der Waals surface area contributed by atoms with E-state index in [4.69, 9.17) is 0 Å². The van der Waals surface area contributed by atoms with Gasteiger partial charge in [-0.2, -0.15) is 8.78 Å². The number of alkyl halides is 2. The molecular formula is C16H18F2N2O. The SMILES string of the molecule is CC(c1cccnc1)N(C)Cc1ccccc1OC(F)F. The maximum atomic E-state index is 12.4. The van der Waals surface area contributed by atoms with Gasteiger partial charge in [-0.1, -0.05) is 24.3 Å². The summed E-state index contributed by atoms with van der Waals surface area (Å²) in [5, 5.41) is 0. The van der Waals surface area contributed by atoms with E-state index in [-0.39, 0.29) is 11.8 Å². The number of aromatic nitrogens is 1. The van der Waals surface area contributed by atoms with Crippen LogP contribution in [0.1, 0.15) is 24.1 Å². The molecule has 0 amide bonds. The average molecular weight is 292 g/mol. The summed E-state index contributed by atoms with van der Waals surface area (Å²) < 4.78 is 29.4. The van der Waals surface area contributed by atoms with E-state index in [1.807, 2.05) is 38.4 Å². The van der Waals surface area contributed by atoms with Crippen LogP contribution in [0.15, 0.2) is 48.8 Å². The van der Waals surface area contributed by atoms with Crippen molar-refractivity contribution < 1.29 is 13.5 Å². The smallest absolute Gasteiger partial charge is 0.387 e. The molecule has 0 saturated heterocycles. The fourth-order valence-corrected chi connectivity index (χ4v) is 2.13. The Morgan fingerprint density at radius 1 is 1.19 bits per heavy atom. The molecule has 0 radical (unpaired) electrons. The molecule has 0 bridgehead atoms. The lowest BCUT2D eigenvalue weighted by Crippen LogP contribution is -2.22. The van der Waals surface area contributed by atoms with Crippen molar-refractivity contribution in [3.63, 3.8) is 0 Å². The van der Waals surface area contributed by atoms with Crippen LogP contribution in [0.25, 0.3) is 0 Å². The minimum absolute atomic E-state index is 0.123. The van der Waals surface area contributed by atoms with Gasteiger partial charge in [0, 0.05) is 30.5 Å². The lowest BCUT2D eigenvalue weighted by atomic mass is 10.1. The molecule has 0 saturated carbocycles. The third-order valence-corrected chi connectivity index (χ3v) is 3.44. The Kier molecular flexibility index (Phi) is 5.22. The van der Waals surface area contributed by atoms with Crippen molar-refractivity contribution in [2.24, 2.45) is 0 Å². The van der Waals surface area contributed by atoms with Crippen LogP contribution in [-0.4, -0.2) is 23.5 Å². The van der Waals surface area contributed by atoms with Crippen LogP contribution in [-0.2, 0) is 6.54 Å². The minimum Gasteiger partial charge on any atom is -0.434 e. The number of ether oxygens (including phenoxy) is 1. The topological polar surface area (TPSA) is 25.4 Å². The predicted octanol–water partition coefficient (Wildman–Crippen LogP) is 3.88. The number of benzene rings is 1. The molecule has 1 aromatic heterocycles. The van der Waals surface area contributed by atoms with Crippen LogP contribution in [0.4, 0.5) is 8.78 Å². The Morgan fingerprint density at radius 2 is 1.95 bits per heavy atom. The largest absolute Gasteiger partial charge is 0.434 e. The van der Waals surface area contributed by atoms with Crippen LogP contribution in [0, 0.1) is 0 Å². The van der Waals surface area contributed by atoms with Gasteiger partial charge >= 0.3 is 6.61 Å². The van der Waals surface area contributed by atoms with E-state index in [1.165, 1.54) is 0 Å². The third-order valence-electron chi connectivity index (χ3n) is 3.44. The monoisotopic (exact) mass is 292 g/mol. The van der Waals surface area contributed by atoms with Gasteiger partial charge in [0.25, 0.3) is 0 Å². The Hall–Kier alpha value is -2.01. The lowest BCUT2D eigenvalue weighted by Gasteiger charge is -2.25. The highest BCUT2D eigenvalue weighted by molar-refractivity contribution is 5.33. The molecule has 0 fully saturated rings. The summed E-state index contributed by atoms with van der Waals surface area (Å²) in [6.45, 7) is -0.251. The van der Waals surface area contributed by atoms with Crippen molar-refractivity contribution in [3.05, 3.63) is 59.9 Å². The maximum absolute atomic E-state index is 12.4. The summed E-state index contributed by atoms with van der Waals surface area (Å²) in [6, 6.07) is 10.9. The number of halogens is 2. The Morgan fingerprint density at radius 3 is 2.62 bits per heavy atom. The highest BCUT2D eigenvalue weighted by Crippen LogP contribution is 2.25. The number of rotatable bonds is 6. The van der Waals surface area contributed by atoms with Crippen molar-refractivity contribution in [2.45, 2.75) is 26.1 Å². The average Bonchev–Trinajstić information content (AvgIpc) is 2.49. The Bertz CT molecular complexity index is 563. The van der Waals surface area contributed by atoms with E-state index >= 15 is 0 Å². The van der Waals surface area contributed by atoms with Gasteiger partial charge in [-0.15, -0.1) is 0 Å². The normalized spacial score (nSPS) is 12.7. The molecule has 0 aliphatic carbocycles. The second-order valence-corrected chi connectivity index (χ2v) is 4.86. The summed E-state index contributed by atoms with van der Waals surface area (Å²) in [5.41, 5.74) is 1.81. The summed E-state index contributed by atoms with van der Waals surface area (Å²) in [4.78, 5) is 6.16. The Labute approximate surface area is 123 Å². The third kappa shape index (κ3) is 4.23. The zero-order chi connectivity index (χ0) is 15.2. The van der Waals surface area contributed by atoms with Crippen LogP contribution < -0.4 is 4.74 Å². The summed E-state index contributed by atoms with van der Waals surface area (Å²) in [7, 11) is 1.94. The van der Waals surface area contributed by atoms with Crippen molar-refractivity contribution >= 4 is 0 Å².